The standard InChI is InChI=1S/C8H12.C4H7N/c1-8(2)6-4-3-5-7-8;1-2-4-5-3-1/h3-6H,7H2,1-2H3;1,3,5H,2,4H2. The maximum atomic E-state index is 3.04. The zero-order valence-corrected chi connectivity index (χ0v) is 8.59. The van der Waals surface area contributed by atoms with Gasteiger partial charge in [0, 0.05) is 6.54 Å². The number of rotatable bonds is 0. The monoisotopic (exact) mass is 177 g/mol. The van der Waals surface area contributed by atoms with Gasteiger partial charge in [-0.3, -0.25) is 0 Å². The zero-order valence-electron chi connectivity index (χ0n) is 8.59. The van der Waals surface area contributed by atoms with Crippen molar-refractivity contribution in [3.05, 3.63) is 36.6 Å². The third kappa shape index (κ3) is 4.56. The van der Waals surface area contributed by atoms with Gasteiger partial charge in [-0.25, -0.2) is 0 Å². The predicted molar refractivity (Wildman–Crippen MR) is 58.4 cm³/mol. The van der Waals surface area contributed by atoms with E-state index in [9.17, 15) is 0 Å². The molecule has 0 fully saturated rings. The summed E-state index contributed by atoms with van der Waals surface area (Å²) in [6.45, 7) is 5.62. The van der Waals surface area contributed by atoms with Gasteiger partial charge in [-0.05, 0) is 24.5 Å². The van der Waals surface area contributed by atoms with Crippen LogP contribution in [0.5, 0.6) is 0 Å². The highest BCUT2D eigenvalue weighted by Gasteiger charge is 2.11. The molecule has 2 rings (SSSR count). The Morgan fingerprint density at radius 3 is 2.23 bits per heavy atom. The Hall–Kier alpha value is -0.980. The van der Waals surface area contributed by atoms with Crippen molar-refractivity contribution in [2.24, 2.45) is 5.41 Å². The SMILES string of the molecule is C1=CNCC1.CC1(C)C=CC=CC1. The Balaban J connectivity index is 0.000000145. The highest BCUT2D eigenvalue weighted by Crippen LogP contribution is 2.24. The second kappa shape index (κ2) is 4.90. The lowest BCUT2D eigenvalue weighted by Crippen LogP contribution is -2.06. The average molecular weight is 177 g/mol. The molecular formula is C12H19N. The van der Waals surface area contributed by atoms with Gasteiger partial charge in [0.25, 0.3) is 0 Å². The molecule has 0 aromatic rings. The van der Waals surface area contributed by atoms with Gasteiger partial charge in [0.1, 0.15) is 0 Å². The highest BCUT2D eigenvalue weighted by molar-refractivity contribution is 5.14. The summed E-state index contributed by atoms with van der Waals surface area (Å²) in [6, 6.07) is 0. The molecule has 1 N–H and O–H groups in total. The molecule has 0 aromatic heterocycles. The minimum absolute atomic E-state index is 0.411. The molecule has 1 heteroatoms. The first-order valence-corrected chi connectivity index (χ1v) is 4.93. The quantitative estimate of drug-likeness (QED) is 0.599. The Morgan fingerprint density at radius 2 is 2.00 bits per heavy atom. The fourth-order valence-corrected chi connectivity index (χ4v) is 1.25. The molecule has 1 heterocycles. The van der Waals surface area contributed by atoms with Crippen LogP contribution in [0, 0.1) is 5.41 Å². The van der Waals surface area contributed by atoms with E-state index < -0.39 is 0 Å². The van der Waals surface area contributed by atoms with Gasteiger partial charge in [0.2, 0.25) is 0 Å². The summed E-state index contributed by atoms with van der Waals surface area (Å²) in [7, 11) is 0. The summed E-state index contributed by atoms with van der Waals surface area (Å²) in [6.07, 6.45) is 15.2. The molecular weight excluding hydrogens is 158 g/mol. The van der Waals surface area contributed by atoms with Crippen molar-refractivity contribution < 1.29 is 0 Å². The maximum Gasteiger partial charge on any atom is 0.0176 e. The van der Waals surface area contributed by atoms with Crippen LogP contribution in [0.3, 0.4) is 0 Å². The van der Waals surface area contributed by atoms with Crippen LogP contribution in [0.1, 0.15) is 26.7 Å². The third-order valence-electron chi connectivity index (χ3n) is 2.13. The van der Waals surface area contributed by atoms with E-state index >= 15 is 0 Å². The van der Waals surface area contributed by atoms with Crippen molar-refractivity contribution in [2.75, 3.05) is 6.54 Å². The van der Waals surface area contributed by atoms with Gasteiger partial charge < -0.3 is 5.32 Å². The molecule has 0 atom stereocenters. The molecule has 72 valence electrons. The smallest absolute Gasteiger partial charge is 0.0176 e. The van der Waals surface area contributed by atoms with Gasteiger partial charge in [0.15, 0.2) is 0 Å². The second-order valence-corrected chi connectivity index (χ2v) is 4.13. The molecule has 1 aliphatic heterocycles. The van der Waals surface area contributed by atoms with Crippen LogP contribution in [-0.4, -0.2) is 6.54 Å². The minimum atomic E-state index is 0.411. The first kappa shape index (κ1) is 10.1. The first-order chi connectivity index (χ1) is 6.21. The van der Waals surface area contributed by atoms with Crippen LogP contribution in [0.4, 0.5) is 0 Å². The summed E-state index contributed by atoms with van der Waals surface area (Å²) >= 11 is 0. The molecule has 1 nitrogen and oxygen atoms in total. The Labute approximate surface area is 81.2 Å². The van der Waals surface area contributed by atoms with Crippen LogP contribution in [0.15, 0.2) is 36.6 Å². The first-order valence-electron chi connectivity index (χ1n) is 4.93. The third-order valence-corrected chi connectivity index (χ3v) is 2.13. The molecule has 0 saturated carbocycles. The van der Waals surface area contributed by atoms with Gasteiger partial charge >= 0.3 is 0 Å². The van der Waals surface area contributed by atoms with E-state index in [0.29, 0.717) is 5.41 Å². The summed E-state index contributed by atoms with van der Waals surface area (Å²) in [4.78, 5) is 0. The molecule has 13 heavy (non-hydrogen) atoms. The summed E-state index contributed by atoms with van der Waals surface area (Å²) in [5, 5.41) is 3.04. The number of nitrogens with one attached hydrogen (secondary N) is 1. The topological polar surface area (TPSA) is 12.0 Å². The van der Waals surface area contributed by atoms with E-state index in [1.54, 1.807) is 0 Å². The van der Waals surface area contributed by atoms with Gasteiger partial charge in [-0.15, -0.1) is 0 Å². The molecule has 0 saturated heterocycles. The van der Waals surface area contributed by atoms with Crippen molar-refractivity contribution in [2.45, 2.75) is 26.7 Å². The molecule has 1 aliphatic carbocycles. The maximum absolute atomic E-state index is 3.04. The molecule has 2 aliphatic rings. The fraction of sp³-hybridized carbons (Fsp3) is 0.500. The molecule has 0 radical (unpaired) electrons. The van der Waals surface area contributed by atoms with E-state index in [1.165, 1.54) is 12.8 Å². The van der Waals surface area contributed by atoms with Gasteiger partial charge in [-0.1, -0.05) is 44.2 Å². The van der Waals surface area contributed by atoms with Crippen LogP contribution in [0.25, 0.3) is 0 Å². The lowest BCUT2D eigenvalue weighted by atomic mass is 9.86. The van der Waals surface area contributed by atoms with E-state index in [-0.39, 0.29) is 0 Å². The molecule has 0 unspecified atom stereocenters. The van der Waals surface area contributed by atoms with E-state index in [4.69, 9.17) is 0 Å². The molecule has 0 amide bonds. The predicted octanol–water partition coefficient (Wildman–Crippen LogP) is 3.02. The lowest BCUT2D eigenvalue weighted by Gasteiger charge is -2.19. The minimum Gasteiger partial charge on any atom is -0.391 e. The van der Waals surface area contributed by atoms with E-state index in [1.807, 2.05) is 6.20 Å². The number of hydrogen-bond donors (Lipinski definition) is 1. The summed E-state index contributed by atoms with van der Waals surface area (Å²) in [5.41, 5.74) is 0.411. The van der Waals surface area contributed by atoms with Crippen LogP contribution < -0.4 is 5.32 Å². The zero-order chi connectivity index (χ0) is 9.57. The Bertz CT molecular complexity index is 215. The molecule has 0 bridgehead atoms. The van der Waals surface area contributed by atoms with Crippen LogP contribution in [0.2, 0.25) is 0 Å². The van der Waals surface area contributed by atoms with E-state index in [2.05, 4.69) is 49.5 Å². The fourth-order valence-electron chi connectivity index (χ4n) is 1.25. The van der Waals surface area contributed by atoms with Crippen molar-refractivity contribution in [1.29, 1.82) is 0 Å². The highest BCUT2D eigenvalue weighted by atomic mass is 14.8. The van der Waals surface area contributed by atoms with Crippen LogP contribution >= 0.6 is 0 Å². The summed E-state index contributed by atoms with van der Waals surface area (Å²) < 4.78 is 0. The average Bonchev–Trinajstić information content (AvgIpc) is 2.60. The second-order valence-electron chi connectivity index (χ2n) is 4.13. The number of hydrogen-bond acceptors (Lipinski definition) is 1. The summed E-state index contributed by atoms with van der Waals surface area (Å²) in [5.74, 6) is 0. The number of allylic oxidation sites excluding steroid dienone is 4. The van der Waals surface area contributed by atoms with Gasteiger partial charge in [0.05, 0.1) is 0 Å². The van der Waals surface area contributed by atoms with Crippen molar-refractivity contribution in [3.8, 4) is 0 Å². The van der Waals surface area contributed by atoms with Crippen molar-refractivity contribution in [3.63, 3.8) is 0 Å². The van der Waals surface area contributed by atoms with Gasteiger partial charge in [-0.2, -0.15) is 0 Å². The lowest BCUT2D eigenvalue weighted by molar-refractivity contribution is 0.484. The van der Waals surface area contributed by atoms with Crippen molar-refractivity contribution in [1.82, 2.24) is 5.32 Å². The largest absolute Gasteiger partial charge is 0.391 e. The van der Waals surface area contributed by atoms with E-state index in [0.717, 1.165) is 6.54 Å². The Kier molecular flexibility index (Phi) is 3.81. The molecule has 0 aromatic carbocycles. The Morgan fingerprint density at radius 1 is 1.15 bits per heavy atom. The normalized spacial score (nSPS) is 22.0. The molecule has 0 spiro atoms. The van der Waals surface area contributed by atoms with Crippen molar-refractivity contribution >= 4 is 0 Å². The van der Waals surface area contributed by atoms with Crippen LogP contribution in [-0.2, 0) is 0 Å².